The van der Waals surface area contributed by atoms with Gasteiger partial charge >= 0.3 is 0 Å². The summed E-state index contributed by atoms with van der Waals surface area (Å²) in [6.45, 7) is 3.91. The summed E-state index contributed by atoms with van der Waals surface area (Å²) in [6, 6.07) is 0. The highest BCUT2D eigenvalue weighted by Crippen LogP contribution is 1.79. The lowest BCUT2D eigenvalue weighted by molar-refractivity contribution is 0.0649. The Kier molecular flexibility index (Phi) is 5.93. The molecule has 0 saturated carbocycles. The van der Waals surface area contributed by atoms with Crippen molar-refractivity contribution in [3.63, 3.8) is 0 Å². The Labute approximate surface area is 56.0 Å². The molecule has 0 fully saturated rings. The summed E-state index contributed by atoms with van der Waals surface area (Å²) < 4.78 is 4.71. The van der Waals surface area contributed by atoms with Crippen molar-refractivity contribution in [2.75, 3.05) is 26.8 Å². The SMILES string of the molecule is CCNC[C@@H](O)COC. The van der Waals surface area contributed by atoms with E-state index in [1.165, 1.54) is 0 Å². The van der Waals surface area contributed by atoms with Gasteiger partial charge in [-0.3, -0.25) is 0 Å². The van der Waals surface area contributed by atoms with Gasteiger partial charge in [0.1, 0.15) is 0 Å². The molecule has 0 aliphatic heterocycles. The second-order valence-electron chi connectivity index (χ2n) is 1.92. The lowest BCUT2D eigenvalue weighted by atomic mass is 10.4. The van der Waals surface area contributed by atoms with Gasteiger partial charge in [0.05, 0.1) is 12.7 Å². The lowest BCUT2D eigenvalue weighted by Crippen LogP contribution is -2.29. The van der Waals surface area contributed by atoms with E-state index in [0.29, 0.717) is 13.2 Å². The van der Waals surface area contributed by atoms with Crippen LogP contribution in [0.1, 0.15) is 6.92 Å². The van der Waals surface area contributed by atoms with Crippen LogP contribution >= 0.6 is 0 Å². The van der Waals surface area contributed by atoms with Crippen molar-refractivity contribution in [2.24, 2.45) is 0 Å². The van der Waals surface area contributed by atoms with E-state index in [9.17, 15) is 0 Å². The third-order valence-electron chi connectivity index (χ3n) is 0.989. The van der Waals surface area contributed by atoms with E-state index in [-0.39, 0.29) is 6.10 Å². The first kappa shape index (κ1) is 8.88. The van der Waals surface area contributed by atoms with Gasteiger partial charge in [0.25, 0.3) is 0 Å². The molecular weight excluding hydrogens is 118 g/mol. The van der Waals surface area contributed by atoms with Crippen LogP contribution in [0.4, 0.5) is 0 Å². The van der Waals surface area contributed by atoms with Gasteiger partial charge in [0.2, 0.25) is 0 Å². The Hall–Kier alpha value is -0.120. The summed E-state index contributed by atoms with van der Waals surface area (Å²) in [6.07, 6.45) is -0.366. The highest BCUT2D eigenvalue weighted by Gasteiger charge is 1.99. The highest BCUT2D eigenvalue weighted by molar-refractivity contribution is 4.55. The van der Waals surface area contributed by atoms with Gasteiger partial charge in [-0.2, -0.15) is 0 Å². The second kappa shape index (κ2) is 6.01. The molecule has 3 nitrogen and oxygen atoms in total. The number of aliphatic hydroxyl groups excluding tert-OH is 1. The highest BCUT2D eigenvalue weighted by atomic mass is 16.5. The Morgan fingerprint density at radius 2 is 2.33 bits per heavy atom. The summed E-state index contributed by atoms with van der Waals surface area (Å²) in [5.74, 6) is 0. The second-order valence-corrected chi connectivity index (χ2v) is 1.92. The van der Waals surface area contributed by atoms with Gasteiger partial charge in [-0.05, 0) is 6.54 Å². The normalized spacial score (nSPS) is 13.7. The summed E-state index contributed by atoms with van der Waals surface area (Å²) in [5.41, 5.74) is 0. The van der Waals surface area contributed by atoms with Crippen molar-refractivity contribution in [3.05, 3.63) is 0 Å². The molecule has 0 aliphatic rings. The third kappa shape index (κ3) is 5.76. The van der Waals surface area contributed by atoms with Gasteiger partial charge in [-0.15, -0.1) is 0 Å². The van der Waals surface area contributed by atoms with Crippen molar-refractivity contribution in [3.8, 4) is 0 Å². The Bertz CT molecular complexity index is 59.0. The van der Waals surface area contributed by atoms with Gasteiger partial charge in [-0.25, -0.2) is 0 Å². The molecule has 0 saturated heterocycles. The smallest absolute Gasteiger partial charge is 0.0897 e. The molecule has 0 rings (SSSR count). The molecule has 0 amide bonds. The monoisotopic (exact) mass is 133 g/mol. The number of rotatable bonds is 5. The average molecular weight is 133 g/mol. The maximum Gasteiger partial charge on any atom is 0.0897 e. The van der Waals surface area contributed by atoms with E-state index in [1.54, 1.807) is 7.11 Å². The molecule has 56 valence electrons. The summed E-state index contributed by atoms with van der Waals surface area (Å²) in [5, 5.41) is 12.0. The summed E-state index contributed by atoms with van der Waals surface area (Å²) in [7, 11) is 1.58. The van der Waals surface area contributed by atoms with Crippen LogP contribution in [0.5, 0.6) is 0 Å². The van der Waals surface area contributed by atoms with Crippen molar-refractivity contribution in [2.45, 2.75) is 13.0 Å². The van der Waals surface area contributed by atoms with E-state index >= 15 is 0 Å². The molecule has 1 atom stereocenters. The van der Waals surface area contributed by atoms with Crippen LogP contribution in [0.2, 0.25) is 0 Å². The quantitative estimate of drug-likeness (QED) is 0.536. The number of likely N-dealkylation sites (N-methyl/N-ethyl adjacent to an activating group) is 1. The van der Waals surface area contributed by atoms with E-state index in [4.69, 9.17) is 9.84 Å². The number of ether oxygens (including phenoxy) is 1. The lowest BCUT2D eigenvalue weighted by Gasteiger charge is -2.08. The van der Waals surface area contributed by atoms with E-state index in [0.717, 1.165) is 6.54 Å². The van der Waals surface area contributed by atoms with Crippen LogP contribution < -0.4 is 5.32 Å². The first-order chi connectivity index (χ1) is 4.31. The standard InChI is InChI=1S/C6H15NO2/c1-3-7-4-6(8)5-9-2/h6-8H,3-5H2,1-2H3/t6-/m1/s1. The zero-order valence-electron chi connectivity index (χ0n) is 6.05. The Morgan fingerprint density at radius 3 is 2.78 bits per heavy atom. The van der Waals surface area contributed by atoms with Crippen LogP contribution in [0.25, 0.3) is 0 Å². The predicted molar refractivity (Wildman–Crippen MR) is 36.4 cm³/mol. The Balaban J connectivity index is 2.95. The maximum atomic E-state index is 8.99. The van der Waals surface area contributed by atoms with Crippen LogP contribution in [0.3, 0.4) is 0 Å². The number of hydrogen-bond acceptors (Lipinski definition) is 3. The number of nitrogens with one attached hydrogen (secondary N) is 1. The zero-order valence-corrected chi connectivity index (χ0v) is 6.05. The molecule has 0 bridgehead atoms. The molecule has 0 spiro atoms. The van der Waals surface area contributed by atoms with E-state index in [1.807, 2.05) is 6.92 Å². The average Bonchev–Trinajstić information content (AvgIpc) is 1.85. The number of aliphatic hydroxyl groups is 1. The number of hydrogen-bond donors (Lipinski definition) is 2. The third-order valence-corrected chi connectivity index (χ3v) is 0.989. The van der Waals surface area contributed by atoms with Crippen molar-refractivity contribution in [1.82, 2.24) is 5.32 Å². The molecular formula is C6H15NO2. The van der Waals surface area contributed by atoms with E-state index in [2.05, 4.69) is 5.32 Å². The summed E-state index contributed by atoms with van der Waals surface area (Å²) >= 11 is 0. The van der Waals surface area contributed by atoms with E-state index < -0.39 is 0 Å². The van der Waals surface area contributed by atoms with Crippen LogP contribution in [0.15, 0.2) is 0 Å². The first-order valence-electron chi connectivity index (χ1n) is 3.19. The molecule has 0 aromatic carbocycles. The largest absolute Gasteiger partial charge is 0.389 e. The number of methoxy groups -OCH3 is 1. The van der Waals surface area contributed by atoms with Gasteiger partial charge < -0.3 is 15.2 Å². The molecule has 0 aromatic heterocycles. The molecule has 0 heterocycles. The molecule has 0 radical (unpaired) electrons. The minimum Gasteiger partial charge on any atom is -0.389 e. The topological polar surface area (TPSA) is 41.5 Å². The van der Waals surface area contributed by atoms with Gasteiger partial charge in [0.15, 0.2) is 0 Å². The van der Waals surface area contributed by atoms with Crippen molar-refractivity contribution >= 4 is 0 Å². The molecule has 2 N–H and O–H groups in total. The van der Waals surface area contributed by atoms with Gasteiger partial charge in [0, 0.05) is 13.7 Å². The Morgan fingerprint density at radius 1 is 1.67 bits per heavy atom. The fourth-order valence-electron chi connectivity index (χ4n) is 0.562. The van der Waals surface area contributed by atoms with Crippen LogP contribution in [0, 0.1) is 0 Å². The minimum atomic E-state index is -0.366. The van der Waals surface area contributed by atoms with Crippen LogP contribution in [-0.2, 0) is 4.74 Å². The maximum absolute atomic E-state index is 8.99. The van der Waals surface area contributed by atoms with Crippen molar-refractivity contribution in [1.29, 1.82) is 0 Å². The molecule has 0 aromatic rings. The molecule has 0 unspecified atom stereocenters. The minimum absolute atomic E-state index is 0.366. The predicted octanol–water partition coefficient (Wildman–Crippen LogP) is -0.397. The fourth-order valence-corrected chi connectivity index (χ4v) is 0.562. The first-order valence-corrected chi connectivity index (χ1v) is 3.19. The zero-order chi connectivity index (χ0) is 7.11. The van der Waals surface area contributed by atoms with Gasteiger partial charge in [-0.1, -0.05) is 6.92 Å². The molecule has 3 heteroatoms. The van der Waals surface area contributed by atoms with Crippen LogP contribution in [-0.4, -0.2) is 38.0 Å². The summed E-state index contributed by atoms with van der Waals surface area (Å²) in [4.78, 5) is 0. The fraction of sp³-hybridized carbons (Fsp3) is 1.00. The molecule has 0 aliphatic carbocycles. The molecule has 9 heavy (non-hydrogen) atoms. The van der Waals surface area contributed by atoms with Crippen molar-refractivity contribution < 1.29 is 9.84 Å².